The first-order valence-corrected chi connectivity index (χ1v) is 6.88. The van der Waals surface area contributed by atoms with Gasteiger partial charge < -0.3 is 5.11 Å². The molecule has 2 aromatic carbocycles. The van der Waals surface area contributed by atoms with Crippen LogP contribution in [0.5, 0.6) is 0 Å². The van der Waals surface area contributed by atoms with Gasteiger partial charge in [0.1, 0.15) is 0 Å². The summed E-state index contributed by atoms with van der Waals surface area (Å²) >= 11 is 0. The number of hydrogen-bond donors (Lipinski definition) is 1. The van der Waals surface area contributed by atoms with Crippen LogP contribution in [0, 0.1) is 13.8 Å². The summed E-state index contributed by atoms with van der Waals surface area (Å²) in [6, 6.07) is 9.83. The normalized spacial score (nSPS) is 12.3. The Kier molecular flexibility index (Phi) is 4.59. The molecule has 0 saturated carbocycles. The van der Waals surface area contributed by atoms with Gasteiger partial charge in [-0.25, -0.2) is 4.79 Å². The summed E-state index contributed by atoms with van der Waals surface area (Å²) in [5.74, 6) is -1.13. The molecule has 0 heterocycles. The molecule has 2 nitrogen and oxygen atoms in total. The molecule has 0 fully saturated rings. The molecule has 0 saturated heterocycles. The van der Waals surface area contributed by atoms with Gasteiger partial charge >= 0.3 is 12.1 Å². The number of carbonyl (C=O) groups is 1. The smallest absolute Gasteiger partial charge is 0.416 e. The number of carboxylic acid groups (broad SMARTS) is 1. The molecule has 0 aliphatic carbocycles. The van der Waals surface area contributed by atoms with Gasteiger partial charge in [-0.05, 0) is 48.7 Å². The van der Waals surface area contributed by atoms with Crippen molar-refractivity contribution >= 4 is 17.6 Å². The Hall–Kier alpha value is -2.56. The van der Waals surface area contributed by atoms with E-state index >= 15 is 0 Å². The number of halogens is 3. The quantitative estimate of drug-likeness (QED) is 0.642. The van der Waals surface area contributed by atoms with Crippen molar-refractivity contribution in [2.75, 3.05) is 0 Å². The predicted molar refractivity (Wildman–Crippen MR) is 82.9 cm³/mol. The van der Waals surface area contributed by atoms with E-state index in [0.29, 0.717) is 11.1 Å². The molecule has 2 rings (SSSR count). The molecular formula is C18H15F3O2. The van der Waals surface area contributed by atoms with Gasteiger partial charge in [0.15, 0.2) is 0 Å². The molecule has 23 heavy (non-hydrogen) atoms. The fourth-order valence-corrected chi connectivity index (χ4v) is 2.22. The van der Waals surface area contributed by atoms with E-state index in [9.17, 15) is 23.1 Å². The highest BCUT2D eigenvalue weighted by atomic mass is 19.4. The standard InChI is InChI=1S/C18H15F3O2/c1-11-3-4-12(2)15(9-11)16(17(22)23)10-13-5-7-14(8-6-13)18(19,20)21/h3-10H,1-2H3,(H,22,23)/b16-10-. The van der Waals surface area contributed by atoms with Gasteiger partial charge in [-0.15, -0.1) is 0 Å². The van der Waals surface area contributed by atoms with Crippen LogP contribution in [0.2, 0.25) is 0 Å². The number of hydrogen-bond acceptors (Lipinski definition) is 1. The zero-order chi connectivity index (χ0) is 17.2. The van der Waals surface area contributed by atoms with Crippen molar-refractivity contribution in [3.8, 4) is 0 Å². The minimum atomic E-state index is -4.41. The second-order valence-electron chi connectivity index (χ2n) is 5.30. The Morgan fingerprint density at radius 3 is 2.17 bits per heavy atom. The second-order valence-corrected chi connectivity index (χ2v) is 5.30. The molecule has 0 radical (unpaired) electrons. The van der Waals surface area contributed by atoms with E-state index in [2.05, 4.69) is 0 Å². The minimum Gasteiger partial charge on any atom is -0.478 e. The Bertz CT molecular complexity index is 757. The third-order valence-electron chi connectivity index (χ3n) is 3.46. The molecule has 0 unspecified atom stereocenters. The summed E-state index contributed by atoms with van der Waals surface area (Å²) in [5, 5.41) is 9.44. The van der Waals surface area contributed by atoms with Crippen LogP contribution in [0.3, 0.4) is 0 Å². The molecule has 0 aromatic heterocycles. The summed E-state index contributed by atoms with van der Waals surface area (Å²) in [6.07, 6.45) is -3.03. The van der Waals surface area contributed by atoms with Gasteiger partial charge in [0, 0.05) is 0 Å². The van der Waals surface area contributed by atoms with Crippen molar-refractivity contribution in [2.45, 2.75) is 20.0 Å². The van der Waals surface area contributed by atoms with Crippen LogP contribution < -0.4 is 0 Å². The zero-order valence-corrected chi connectivity index (χ0v) is 12.6. The topological polar surface area (TPSA) is 37.3 Å². The number of alkyl halides is 3. The zero-order valence-electron chi connectivity index (χ0n) is 12.6. The Morgan fingerprint density at radius 2 is 1.65 bits per heavy atom. The van der Waals surface area contributed by atoms with Crippen molar-refractivity contribution in [1.29, 1.82) is 0 Å². The summed E-state index contributed by atoms with van der Waals surface area (Å²) in [4.78, 5) is 11.5. The minimum absolute atomic E-state index is 0.0472. The maximum Gasteiger partial charge on any atom is 0.416 e. The lowest BCUT2D eigenvalue weighted by atomic mass is 9.96. The molecule has 0 atom stereocenters. The number of aryl methyl sites for hydroxylation is 2. The number of rotatable bonds is 3. The van der Waals surface area contributed by atoms with Crippen LogP contribution in [0.25, 0.3) is 11.6 Å². The van der Waals surface area contributed by atoms with E-state index in [-0.39, 0.29) is 5.57 Å². The van der Waals surface area contributed by atoms with Gasteiger partial charge in [-0.2, -0.15) is 13.2 Å². The van der Waals surface area contributed by atoms with Gasteiger partial charge in [-0.3, -0.25) is 0 Å². The Morgan fingerprint density at radius 1 is 1.04 bits per heavy atom. The van der Waals surface area contributed by atoms with Gasteiger partial charge in [-0.1, -0.05) is 35.9 Å². The average Bonchev–Trinajstić information content (AvgIpc) is 2.47. The number of benzene rings is 2. The number of carboxylic acids is 1. The molecule has 0 amide bonds. The first-order chi connectivity index (χ1) is 10.7. The Balaban J connectivity index is 2.48. The van der Waals surface area contributed by atoms with E-state index in [1.54, 1.807) is 13.0 Å². The lowest BCUT2D eigenvalue weighted by molar-refractivity contribution is -0.137. The highest BCUT2D eigenvalue weighted by molar-refractivity contribution is 6.21. The third kappa shape index (κ3) is 4.00. The van der Waals surface area contributed by atoms with E-state index in [4.69, 9.17) is 0 Å². The monoisotopic (exact) mass is 320 g/mol. The lowest BCUT2D eigenvalue weighted by Gasteiger charge is -2.09. The summed E-state index contributed by atoms with van der Waals surface area (Å²) < 4.78 is 37.7. The number of aliphatic carboxylic acids is 1. The molecule has 0 bridgehead atoms. The maximum atomic E-state index is 12.6. The highest BCUT2D eigenvalue weighted by Gasteiger charge is 2.29. The molecule has 0 aliphatic heterocycles. The van der Waals surface area contributed by atoms with Crippen molar-refractivity contribution in [3.63, 3.8) is 0 Å². The van der Waals surface area contributed by atoms with Crippen LogP contribution >= 0.6 is 0 Å². The molecule has 0 aliphatic rings. The first-order valence-electron chi connectivity index (χ1n) is 6.88. The molecule has 1 N–H and O–H groups in total. The van der Waals surface area contributed by atoms with Gasteiger partial charge in [0.25, 0.3) is 0 Å². The summed E-state index contributed by atoms with van der Waals surface area (Å²) in [5.41, 5.74) is 1.93. The molecular weight excluding hydrogens is 305 g/mol. The molecule has 0 spiro atoms. The highest BCUT2D eigenvalue weighted by Crippen LogP contribution is 2.30. The van der Waals surface area contributed by atoms with Gasteiger partial charge in [0.05, 0.1) is 11.1 Å². The van der Waals surface area contributed by atoms with Crippen LogP contribution in [0.4, 0.5) is 13.2 Å². The van der Waals surface area contributed by atoms with Crippen LogP contribution in [0.15, 0.2) is 42.5 Å². The SMILES string of the molecule is Cc1ccc(C)c(/C(=C/c2ccc(C(F)(F)F)cc2)C(=O)O)c1. The van der Waals surface area contributed by atoms with Crippen molar-refractivity contribution in [1.82, 2.24) is 0 Å². The predicted octanol–water partition coefficient (Wildman–Crippen LogP) is 4.95. The molecule has 120 valence electrons. The van der Waals surface area contributed by atoms with E-state index in [1.165, 1.54) is 18.2 Å². The molecule has 5 heteroatoms. The Labute approximate surface area is 131 Å². The largest absolute Gasteiger partial charge is 0.478 e. The summed E-state index contributed by atoms with van der Waals surface area (Å²) in [7, 11) is 0. The van der Waals surface area contributed by atoms with Gasteiger partial charge in [0.2, 0.25) is 0 Å². The van der Waals surface area contributed by atoms with Crippen LogP contribution in [0.1, 0.15) is 27.8 Å². The van der Waals surface area contributed by atoms with Crippen LogP contribution in [-0.4, -0.2) is 11.1 Å². The van der Waals surface area contributed by atoms with Crippen LogP contribution in [-0.2, 0) is 11.0 Å². The average molecular weight is 320 g/mol. The molecule has 2 aromatic rings. The fraction of sp³-hybridized carbons (Fsp3) is 0.167. The van der Waals surface area contributed by atoms with E-state index in [1.807, 2.05) is 19.1 Å². The first kappa shape index (κ1) is 16.8. The third-order valence-corrected chi connectivity index (χ3v) is 3.46. The second kappa shape index (κ2) is 6.28. The van der Waals surface area contributed by atoms with E-state index < -0.39 is 17.7 Å². The fourth-order valence-electron chi connectivity index (χ4n) is 2.22. The summed E-state index contributed by atoms with van der Waals surface area (Å²) in [6.45, 7) is 3.64. The van der Waals surface area contributed by atoms with E-state index in [0.717, 1.165) is 23.3 Å². The lowest BCUT2D eigenvalue weighted by Crippen LogP contribution is -2.04. The van der Waals surface area contributed by atoms with Crippen molar-refractivity contribution in [2.24, 2.45) is 0 Å². The van der Waals surface area contributed by atoms with Crippen molar-refractivity contribution in [3.05, 3.63) is 70.3 Å². The maximum absolute atomic E-state index is 12.6. The van der Waals surface area contributed by atoms with Crippen molar-refractivity contribution < 1.29 is 23.1 Å².